The van der Waals surface area contributed by atoms with Crippen molar-refractivity contribution < 1.29 is 9.22 Å². The van der Waals surface area contributed by atoms with Gasteiger partial charge in [0, 0.05) is 6.92 Å². The molecule has 0 aromatic heterocycles. The van der Waals surface area contributed by atoms with Gasteiger partial charge in [-0.1, -0.05) is 0 Å². The first-order valence-corrected chi connectivity index (χ1v) is 4.38. The van der Waals surface area contributed by atoms with Crippen LogP contribution in [0.5, 0.6) is 0 Å². The second kappa shape index (κ2) is 4.07. The van der Waals surface area contributed by atoms with E-state index in [-0.39, 0.29) is 0 Å². The van der Waals surface area contributed by atoms with Crippen molar-refractivity contribution in [3.63, 3.8) is 0 Å². The minimum absolute atomic E-state index is 0.292. The lowest BCUT2D eigenvalue weighted by molar-refractivity contribution is -0.934. The van der Waals surface area contributed by atoms with Crippen LogP contribution in [0.3, 0.4) is 0 Å². The van der Waals surface area contributed by atoms with Crippen molar-refractivity contribution in [1.82, 2.24) is 0 Å². The molecule has 0 N–H and O–H groups in total. The molecule has 0 bridgehead atoms. The quantitative estimate of drug-likeness (QED) is 0.450. The second-order valence-corrected chi connectivity index (χ2v) is 3.88. The maximum atomic E-state index is 5.68. The molecule has 0 fully saturated rings. The Balaban J connectivity index is 3.90. The van der Waals surface area contributed by atoms with Crippen molar-refractivity contribution in [1.29, 1.82) is 0 Å². The molecular weight excluding hydrogens is 138 g/mol. The monoisotopic (exact) mass is 160 g/mol. The van der Waals surface area contributed by atoms with Gasteiger partial charge in [0.15, 0.2) is 6.23 Å². The third-order valence-electron chi connectivity index (χ3n) is 2.27. The zero-order valence-corrected chi connectivity index (χ0v) is 8.72. The molecule has 0 amide bonds. The predicted octanol–water partition coefficient (Wildman–Crippen LogP) is 1.85. The molecule has 1 unspecified atom stereocenters. The molecule has 0 spiro atoms. The van der Waals surface area contributed by atoms with Crippen LogP contribution in [-0.2, 0) is 4.74 Å². The van der Waals surface area contributed by atoms with Crippen LogP contribution in [0.1, 0.15) is 27.7 Å². The Morgan fingerprint density at radius 1 is 1.18 bits per heavy atom. The summed E-state index contributed by atoms with van der Waals surface area (Å²) in [5, 5.41) is 0. The molecule has 0 aromatic carbocycles. The normalized spacial score (nSPS) is 15.5. The van der Waals surface area contributed by atoms with E-state index in [9.17, 15) is 0 Å². The van der Waals surface area contributed by atoms with Crippen molar-refractivity contribution in [2.75, 3.05) is 20.6 Å². The summed E-state index contributed by atoms with van der Waals surface area (Å²) >= 11 is 0. The van der Waals surface area contributed by atoms with E-state index in [0.717, 1.165) is 11.0 Å². The van der Waals surface area contributed by atoms with Crippen molar-refractivity contribution in [3.05, 3.63) is 0 Å². The highest BCUT2D eigenvalue weighted by Gasteiger charge is 2.22. The first-order chi connectivity index (χ1) is 4.90. The number of rotatable bonds is 4. The zero-order chi connectivity index (χ0) is 9.07. The molecule has 68 valence electrons. The topological polar surface area (TPSA) is 9.23 Å². The Labute approximate surface area is 70.7 Å². The first kappa shape index (κ1) is 10.9. The average molecular weight is 160 g/mol. The largest absolute Gasteiger partial charge is 0.327 e. The number of hydrogen-bond acceptors (Lipinski definition) is 1. The summed E-state index contributed by atoms with van der Waals surface area (Å²) in [5.74, 6) is 0. The van der Waals surface area contributed by atoms with Crippen LogP contribution in [0.25, 0.3) is 0 Å². The summed E-state index contributed by atoms with van der Waals surface area (Å²) in [6, 6.07) is 0. The summed E-state index contributed by atoms with van der Waals surface area (Å²) in [4.78, 5) is 0. The van der Waals surface area contributed by atoms with E-state index in [1.54, 1.807) is 0 Å². The van der Waals surface area contributed by atoms with Gasteiger partial charge in [-0.3, -0.25) is 0 Å². The summed E-state index contributed by atoms with van der Waals surface area (Å²) in [6.07, 6.45) is 0.619. The first-order valence-electron chi connectivity index (χ1n) is 4.38. The van der Waals surface area contributed by atoms with Gasteiger partial charge in [-0.25, -0.2) is 0 Å². The number of ether oxygens (including phenoxy) is 1. The van der Waals surface area contributed by atoms with E-state index in [1.807, 2.05) is 0 Å². The van der Waals surface area contributed by atoms with Crippen molar-refractivity contribution in [2.45, 2.75) is 40.0 Å². The fourth-order valence-electron chi connectivity index (χ4n) is 0.816. The van der Waals surface area contributed by atoms with Gasteiger partial charge < -0.3 is 9.22 Å². The van der Waals surface area contributed by atoms with Crippen LogP contribution in [0.2, 0.25) is 0 Å². The molecule has 0 aromatic rings. The van der Waals surface area contributed by atoms with Crippen LogP contribution >= 0.6 is 0 Å². The van der Waals surface area contributed by atoms with Crippen LogP contribution in [0.15, 0.2) is 0 Å². The number of hydrogen-bond donors (Lipinski definition) is 0. The molecule has 0 aliphatic carbocycles. The number of quaternary nitrogens is 1. The molecule has 0 aliphatic rings. The van der Waals surface area contributed by atoms with E-state index in [1.165, 1.54) is 0 Å². The summed E-state index contributed by atoms with van der Waals surface area (Å²) in [5.41, 5.74) is 0. The molecule has 0 radical (unpaired) electrons. The van der Waals surface area contributed by atoms with E-state index in [2.05, 4.69) is 41.8 Å². The third-order valence-corrected chi connectivity index (χ3v) is 2.27. The minimum atomic E-state index is 0.292. The van der Waals surface area contributed by atoms with Gasteiger partial charge in [-0.15, -0.1) is 0 Å². The molecule has 0 rings (SSSR count). The van der Waals surface area contributed by atoms with Crippen LogP contribution < -0.4 is 0 Å². The molecule has 0 saturated carbocycles. The SMILES string of the molecule is CC[N+](C)(C)C(C)OC(C)C. The van der Waals surface area contributed by atoms with E-state index >= 15 is 0 Å². The van der Waals surface area contributed by atoms with Crippen LogP contribution in [0, 0.1) is 0 Å². The molecule has 0 saturated heterocycles. The van der Waals surface area contributed by atoms with Crippen LogP contribution in [0.4, 0.5) is 0 Å². The van der Waals surface area contributed by atoms with E-state index in [0.29, 0.717) is 12.3 Å². The van der Waals surface area contributed by atoms with Crippen LogP contribution in [-0.4, -0.2) is 37.5 Å². The predicted molar refractivity (Wildman–Crippen MR) is 48.3 cm³/mol. The Morgan fingerprint density at radius 3 is 1.91 bits per heavy atom. The zero-order valence-electron chi connectivity index (χ0n) is 8.72. The maximum absolute atomic E-state index is 5.68. The Morgan fingerprint density at radius 2 is 1.64 bits per heavy atom. The van der Waals surface area contributed by atoms with E-state index < -0.39 is 0 Å². The molecule has 1 atom stereocenters. The van der Waals surface area contributed by atoms with Gasteiger partial charge in [0.25, 0.3) is 0 Å². The molecule has 11 heavy (non-hydrogen) atoms. The fraction of sp³-hybridized carbons (Fsp3) is 1.00. The molecule has 0 heterocycles. The molecule has 0 aliphatic heterocycles. The Kier molecular flexibility index (Phi) is 4.04. The van der Waals surface area contributed by atoms with Crippen molar-refractivity contribution in [2.24, 2.45) is 0 Å². The highest BCUT2D eigenvalue weighted by Crippen LogP contribution is 2.08. The Hall–Kier alpha value is -0.0800. The molecular formula is C9H22NO+. The summed E-state index contributed by atoms with van der Waals surface area (Å²) in [6.45, 7) is 9.57. The van der Waals surface area contributed by atoms with Crippen molar-refractivity contribution >= 4 is 0 Å². The summed E-state index contributed by atoms with van der Waals surface area (Å²) < 4.78 is 6.61. The minimum Gasteiger partial charge on any atom is -0.327 e. The average Bonchev–Trinajstić information content (AvgIpc) is 1.86. The smallest absolute Gasteiger partial charge is 0.190 e. The second-order valence-electron chi connectivity index (χ2n) is 3.88. The molecule has 2 heteroatoms. The maximum Gasteiger partial charge on any atom is 0.190 e. The third kappa shape index (κ3) is 3.73. The van der Waals surface area contributed by atoms with Gasteiger partial charge in [0.1, 0.15) is 0 Å². The van der Waals surface area contributed by atoms with Gasteiger partial charge in [0.05, 0.1) is 26.7 Å². The van der Waals surface area contributed by atoms with Gasteiger partial charge in [-0.05, 0) is 20.8 Å². The fourth-order valence-corrected chi connectivity index (χ4v) is 0.816. The van der Waals surface area contributed by atoms with E-state index in [4.69, 9.17) is 4.74 Å². The highest BCUT2D eigenvalue weighted by atomic mass is 16.5. The standard InChI is InChI=1S/C9H22NO/c1-7-10(5,6)9(4)11-8(2)3/h8-9H,7H2,1-6H3/q+1. The Bertz CT molecular complexity index is 110. The summed E-state index contributed by atoms with van der Waals surface area (Å²) in [7, 11) is 4.38. The highest BCUT2D eigenvalue weighted by molar-refractivity contribution is 4.39. The molecule has 2 nitrogen and oxygen atoms in total. The lowest BCUT2D eigenvalue weighted by atomic mass is 10.4. The van der Waals surface area contributed by atoms with Crippen molar-refractivity contribution in [3.8, 4) is 0 Å². The number of nitrogens with zero attached hydrogens (tertiary/aromatic N) is 1. The van der Waals surface area contributed by atoms with Gasteiger partial charge in [0.2, 0.25) is 0 Å². The lowest BCUT2D eigenvalue weighted by Gasteiger charge is -2.35. The van der Waals surface area contributed by atoms with Gasteiger partial charge in [-0.2, -0.15) is 0 Å². The lowest BCUT2D eigenvalue weighted by Crippen LogP contribution is -2.49. The van der Waals surface area contributed by atoms with Gasteiger partial charge >= 0.3 is 0 Å².